The van der Waals surface area contributed by atoms with Crippen LogP contribution in [0.25, 0.3) is 0 Å². The van der Waals surface area contributed by atoms with Crippen molar-refractivity contribution in [3.63, 3.8) is 0 Å². The van der Waals surface area contributed by atoms with E-state index in [4.69, 9.17) is 4.42 Å². The second-order valence-electron chi connectivity index (χ2n) is 6.19. The van der Waals surface area contributed by atoms with Gasteiger partial charge in [-0.1, -0.05) is 32.5 Å². The fourth-order valence-corrected chi connectivity index (χ4v) is 4.87. The molecule has 1 aromatic heterocycles. The molecule has 0 fully saturated rings. The van der Waals surface area contributed by atoms with E-state index in [1.54, 1.807) is 29.8 Å². The summed E-state index contributed by atoms with van der Waals surface area (Å²) < 4.78 is 6.56. The molecule has 23 heavy (non-hydrogen) atoms. The molecule has 0 radical (unpaired) electrons. The van der Waals surface area contributed by atoms with Crippen LogP contribution in [0.2, 0.25) is 0 Å². The quantitative estimate of drug-likeness (QED) is 0.565. The van der Waals surface area contributed by atoms with Crippen LogP contribution in [0.4, 0.5) is 0 Å². The van der Waals surface area contributed by atoms with Crippen LogP contribution in [0.5, 0.6) is 0 Å². The predicted molar refractivity (Wildman–Crippen MR) is 100 cm³/mol. The van der Waals surface area contributed by atoms with Gasteiger partial charge >= 0.3 is 0 Å². The van der Waals surface area contributed by atoms with Gasteiger partial charge in [-0.15, -0.1) is 11.8 Å². The number of rotatable bonds is 7. The molecule has 0 aromatic carbocycles. The van der Waals surface area contributed by atoms with Crippen LogP contribution in [0.3, 0.4) is 0 Å². The van der Waals surface area contributed by atoms with Crippen molar-refractivity contribution in [3.8, 4) is 6.07 Å². The highest BCUT2D eigenvalue weighted by atomic mass is 32.2. The first-order chi connectivity index (χ1) is 11.0. The summed E-state index contributed by atoms with van der Waals surface area (Å²) in [5.74, 6) is 3.37. The van der Waals surface area contributed by atoms with Gasteiger partial charge in [-0.3, -0.25) is 4.99 Å². The van der Waals surface area contributed by atoms with Crippen molar-refractivity contribution in [1.82, 2.24) is 0 Å². The fraction of sp³-hybridized carbons (Fsp3) is 0.556. The molecule has 0 saturated heterocycles. The molecule has 124 valence electrons. The SMILES string of the molecule is CC1=NC(c2ccco2)SC(SCCCC(C)C(C)C)=C1C#N. The lowest BCUT2D eigenvalue weighted by molar-refractivity contribution is 0.390. The summed E-state index contributed by atoms with van der Waals surface area (Å²) in [6.45, 7) is 8.78. The van der Waals surface area contributed by atoms with Crippen molar-refractivity contribution < 1.29 is 4.42 Å². The lowest BCUT2D eigenvalue weighted by Gasteiger charge is -2.20. The number of hydrogen-bond acceptors (Lipinski definition) is 5. The van der Waals surface area contributed by atoms with E-state index in [0.717, 1.165) is 38.9 Å². The summed E-state index contributed by atoms with van der Waals surface area (Å²) in [4.78, 5) is 4.60. The average Bonchev–Trinajstić information content (AvgIpc) is 3.05. The van der Waals surface area contributed by atoms with E-state index in [2.05, 4.69) is 31.8 Å². The summed E-state index contributed by atoms with van der Waals surface area (Å²) in [7, 11) is 0. The van der Waals surface area contributed by atoms with Gasteiger partial charge in [0.15, 0.2) is 5.37 Å². The van der Waals surface area contributed by atoms with Gasteiger partial charge in [-0.2, -0.15) is 5.26 Å². The summed E-state index contributed by atoms with van der Waals surface area (Å²) in [5.41, 5.74) is 1.53. The van der Waals surface area contributed by atoms with E-state index in [0.29, 0.717) is 0 Å². The lowest BCUT2D eigenvalue weighted by Crippen LogP contribution is -2.07. The average molecular weight is 349 g/mol. The van der Waals surface area contributed by atoms with E-state index in [1.807, 2.05) is 19.1 Å². The normalized spacial score (nSPS) is 19.7. The number of nitriles is 1. The molecule has 0 amide bonds. The molecule has 2 unspecified atom stereocenters. The number of allylic oxidation sites excluding steroid dienone is 1. The van der Waals surface area contributed by atoms with Crippen molar-refractivity contribution in [2.45, 2.75) is 45.9 Å². The minimum Gasteiger partial charge on any atom is -0.466 e. The van der Waals surface area contributed by atoms with Crippen molar-refractivity contribution in [2.24, 2.45) is 16.8 Å². The van der Waals surface area contributed by atoms with E-state index in [9.17, 15) is 5.26 Å². The minimum atomic E-state index is -0.0702. The van der Waals surface area contributed by atoms with Crippen LogP contribution < -0.4 is 0 Å². The van der Waals surface area contributed by atoms with Gasteiger partial charge in [0, 0.05) is 0 Å². The monoisotopic (exact) mass is 348 g/mol. The highest BCUT2D eigenvalue weighted by molar-refractivity contribution is 8.22. The molecule has 2 atom stereocenters. The molecule has 0 saturated carbocycles. The molecule has 3 nitrogen and oxygen atoms in total. The Bertz CT molecular complexity index is 611. The van der Waals surface area contributed by atoms with Crippen LogP contribution in [0.1, 0.15) is 51.7 Å². The summed E-state index contributed by atoms with van der Waals surface area (Å²) in [6.07, 6.45) is 4.08. The Morgan fingerprint density at radius 2 is 2.22 bits per heavy atom. The van der Waals surface area contributed by atoms with Gasteiger partial charge in [-0.05, 0) is 49.5 Å². The number of thioether (sulfide) groups is 2. The zero-order chi connectivity index (χ0) is 16.8. The van der Waals surface area contributed by atoms with Crippen molar-refractivity contribution >= 4 is 29.2 Å². The van der Waals surface area contributed by atoms with Gasteiger partial charge in [-0.25, -0.2) is 0 Å². The van der Waals surface area contributed by atoms with Gasteiger partial charge in [0.2, 0.25) is 0 Å². The first-order valence-electron chi connectivity index (χ1n) is 8.05. The third-order valence-corrected chi connectivity index (χ3v) is 6.75. The smallest absolute Gasteiger partial charge is 0.158 e. The molecule has 2 rings (SSSR count). The molecular formula is C18H24N2OS2. The molecular weight excluding hydrogens is 324 g/mol. The van der Waals surface area contributed by atoms with Gasteiger partial charge in [0.1, 0.15) is 11.8 Å². The van der Waals surface area contributed by atoms with E-state index in [-0.39, 0.29) is 5.37 Å². The first kappa shape index (κ1) is 18.2. The van der Waals surface area contributed by atoms with Crippen LogP contribution in [0, 0.1) is 23.2 Å². The second kappa shape index (κ2) is 8.65. The van der Waals surface area contributed by atoms with Crippen LogP contribution >= 0.6 is 23.5 Å². The lowest BCUT2D eigenvalue weighted by atomic mass is 9.94. The summed E-state index contributed by atoms with van der Waals surface area (Å²) in [6, 6.07) is 6.14. The Hall–Kier alpha value is -1.12. The van der Waals surface area contributed by atoms with Crippen molar-refractivity contribution in [3.05, 3.63) is 34.0 Å². The Morgan fingerprint density at radius 3 is 2.83 bits per heavy atom. The Labute approximate surface area is 147 Å². The molecule has 2 heterocycles. The largest absolute Gasteiger partial charge is 0.466 e. The maximum atomic E-state index is 9.43. The van der Waals surface area contributed by atoms with E-state index < -0.39 is 0 Å². The predicted octanol–water partition coefficient (Wildman–Crippen LogP) is 6.03. The molecule has 0 aliphatic carbocycles. The number of hydrogen-bond donors (Lipinski definition) is 0. The van der Waals surface area contributed by atoms with Gasteiger partial charge < -0.3 is 4.42 Å². The zero-order valence-corrected chi connectivity index (χ0v) is 15.8. The highest BCUT2D eigenvalue weighted by Crippen LogP contribution is 2.46. The van der Waals surface area contributed by atoms with Crippen LogP contribution in [-0.4, -0.2) is 11.5 Å². The minimum absolute atomic E-state index is 0.0702. The summed E-state index contributed by atoms with van der Waals surface area (Å²) in [5, 5.41) is 9.36. The Kier molecular flexibility index (Phi) is 6.86. The molecule has 1 aliphatic rings. The number of aliphatic imine (C=N–C) groups is 1. The third kappa shape index (κ3) is 4.92. The molecule has 1 aromatic rings. The molecule has 1 aliphatic heterocycles. The number of nitrogens with zero attached hydrogens (tertiary/aromatic N) is 2. The highest BCUT2D eigenvalue weighted by Gasteiger charge is 2.25. The second-order valence-corrected chi connectivity index (χ2v) is 8.64. The zero-order valence-electron chi connectivity index (χ0n) is 14.2. The third-order valence-electron chi connectivity index (χ3n) is 4.17. The Balaban J connectivity index is 1.97. The van der Waals surface area contributed by atoms with Gasteiger partial charge in [0.05, 0.1) is 21.8 Å². The fourth-order valence-electron chi connectivity index (χ4n) is 2.26. The van der Waals surface area contributed by atoms with Crippen molar-refractivity contribution in [2.75, 3.05) is 5.75 Å². The molecule has 0 N–H and O–H groups in total. The van der Waals surface area contributed by atoms with E-state index in [1.165, 1.54) is 12.8 Å². The molecule has 0 spiro atoms. The molecule has 0 bridgehead atoms. The van der Waals surface area contributed by atoms with Crippen LogP contribution in [0.15, 0.2) is 37.6 Å². The standard InChI is InChI=1S/C18H24N2OS2/c1-12(2)13(3)7-6-10-22-18-15(11-19)14(4)20-17(23-18)16-8-5-9-21-16/h5,8-9,12-13,17H,6-7,10H2,1-4H3. The van der Waals surface area contributed by atoms with Gasteiger partial charge in [0.25, 0.3) is 0 Å². The van der Waals surface area contributed by atoms with Crippen molar-refractivity contribution in [1.29, 1.82) is 5.26 Å². The topological polar surface area (TPSA) is 49.3 Å². The Morgan fingerprint density at radius 1 is 1.43 bits per heavy atom. The van der Waals surface area contributed by atoms with E-state index >= 15 is 0 Å². The first-order valence-corrected chi connectivity index (χ1v) is 9.91. The summed E-state index contributed by atoms with van der Waals surface area (Å²) >= 11 is 3.42. The maximum Gasteiger partial charge on any atom is 0.158 e. The molecule has 5 heteroatoms. The number of furan rings is 1. The van der Waals surface area contributed by atoms with Crippen LogP contribution in [-0.2, 0) is 0 Å². The maximum absolute atomic E-state index is 9.43.